The summed E-state index contributed by atoms with van der Waals surface area (Å²) >= 11 is 0. The molecule has 20 heavy (non-hydrogen) atoms. The van der Waals surface area contributed by atoms with Gasteiger partial charge in [-0.15, -0.1) is 0 Å². The molecule has 0 saturated heterocycles. The lowest BCUT2D eigenvalue weighted by molar-refractivity contribution is -0.121. The molecule has 0 atom stereocenters. The normalized spacial score (nSPS) is 12.2. The summed E-state index contributed by atoms with van der Waals surface area (Å²) in [5, 5.41) is 6.30. The standard InChI is InChI=1S/C12H21N3O4S/c1-8(2)6-13-11(16)7-15(5)20(17,18)12-9(3)14-19-10(12)4/h8H,6-7H2,1-5H3,(H,13,16). The molecule has 0 unspecified atom stereocenters. The van der Waals surface area contributed by atoms with Crippen LogP contribution in [0.1, 0.15) is 25.3 Å². The van der Waals surface area contributed by atoms with Crippen molar-refractivity contribution in [2.45, 2.75) is 32.6 Å². The molecule has 1 amide bonds. The lowest BCUT2D eigenvalue weighted by atomic mass is 10.2. The van der Waals surface area contributed by atoms with E-state index in [0.717, 1.165) is 4.31 Å². The van der Waals surface area contributed by atoms with E-state index in [4.69, 9.17) is 4.52 Å². The molecule has 1 heterocycles. The minimum atomic E-state index is -3.77. The van der Waals surface area contributed by atoms with Gasteiger partial charge in [0.05, 0.1) is 6.54 Å². The molecule has 1 rings (SSSR count). The summed E-state index contributed by atoms with van der Waals surface area (Å²) in [5.41, 5.74) is 0.289. The van der Waals surface area contributed by atoms with Gasteiger partial charge in [0.1, 0.15) is 10.6 Å². The maximum absolute atomic E-state index is 12.4. The van der Waals surface area contributed by atoms with Gasteiger partial charge in [0.2, 0.25) is 15.9 Å². The topological polar surface area (TPSA) is 92.5 Å². The van der Waals surface area contributed by atoms with Crippen LogP contribution in [-0.2, 0) is 14.8 Å². The van der Waals surface area contributed by atoms with Gasteiger partial charge in [-0.25, -0.2) is 8.42 Å². The van der Waals surface area contributed by atoms with Crippen LogP contribution < -0.4 is 5.32 Å². The van der Waals surface area contributed by atoms with Crippen molar-refractivity contribution in [3.05, 3.63) is 11.5 Å². The van der Waals surface area contributed by atoms with Crippen molar-refractivity contribution < 1.29 is 17.7 Å². The highest BCUT2D eigenvalue weighted by atomic mass is 32.2. The maximum atomic E-state index is 12.4. The Labute approximate surface area is 119 Å². The molecule has 0 saturated carbocycles. The third-order valence-corrected chi connectivity index (χ3v) is 4.76. The molecule has 0 aliphatic carbocycles. The Balaban J connectivity index is 2.81. The van der Waals surface area contributed by atoms with E-state index >= 15 is 0 Å². The van der Waals surface area contributed by atoms with Gasteiger partial charge in [-0.1, -0.05) is 19.0 Å². The molecule has 114 valence electrons. The third-order valence-electron chi connectivity index (χ3n) is 2.71. The largest absolute Gasteiger partial charge is 0.360 e. The van der Waals surface area contributed by atoms with E-state index in [1.54, 1.807) is 6.92 Å². The van der Waals surface area contributed by atoms with Crippen LogP contribution in [-0.4, -0.2) is 43.9 Å². The Kier molecular flexibility index (Phi) is 5.29. The number of hydrogen-bond donors (Lipinski definition) is 1. The van der Waals surface area contributed by atoms with Gasteiger partial charge >= 0.3 is 0 Å². The van der Waals surface area contributed by atoms with Crippen LogP contribution in [0.15, 0.2) is 9.42 Å². The smallest absolute Gasteiger partial charge is 0.248 e. The van der Waals surface area contributed by atoms with Gasteiger partial charge in [-0.05, 0) is 19.8 Å². The molecule has 1 N–H and O–H groups in total. The van der Waals surface area contributed by atoms with Crippen molar-refractivity contribution in [1.82, 2.24) is 14.8 Å². The van der Waals surface area contributed by atoms with E-state index in [9.17, 15) is 13.2 Å². The fourth-order valence-electron chi connectivity index (χ4n) is 1.66. The number of amides is 1. The second kappa shape index (κ2) is 6.36. The predicted octanol–water partition coefficient (Wildman–Crippen LogP) is 0.684. The first kappa shape index (κ1) is 16.6. The molecule has 0 aliphatic rings. The number of carbonyl (C=O) groups excluding carboxylic acids is 1. The monoisotopic (exact) mass is 303 g/mol. The fraction of sp³-hybridized carbons (Fsp3) is 0.667. The second-order valence-corrected chi connectivity index (χ2v) is 7.09. The summed E-state index contributed by atoms with van der Waals surface area (Å²) in [4.78, 5) is 11.7. The minimum Gasteiger partial charge on any atom is -0.360 e. The molecule has 0 aromatic carbocycles. The Morgan fingerprint density at radius 1 is 1.40 bits per heavy atom. The van der Waals surface area contributed by atoms with E-state index in [-0.39, 0.29) is 28.8 Å². The number of sulfonamides is 1. The Bertz CT molecular complexity index is 558. The van der Waals surface area contributed by atoms with Crippen molar-refractivity contribution in [1.29, 1.82) is 0 Å². The number of aromatic nitrogens is 1. The average molecular weight is 303 g/mol. The molecule has 8 heteroatoms. The van der Waals surface area contributed by atoms with Gasteiger partial charge in [-0.3, -0.25) is 4.79 Å². The maximum Gasteiger partial charge on any atom is 0.248 e. The highest BCUT2D eigenvalue weighted by Gasteiger charge is 2.29. The van der Waals surface area contributed by atoms with E-state index in [2.05, 4.69) is 10.5 Å². The first-order valence-corrected chi connectivity index (χ1v) is 7.76. The van der Waals surface area contributed by atoms with Crippen LogP contribution in [0.25, 0.3) is 0 Å². The highest BCUT2D eigenvalue weighted by molar-refractivity contribution is 7.89. The summed E-state index contributed by atoms with van der Waals surface area (Å²) < 4.78 is 30.6. The lowest BCUT2D eigenvalue weighted by Gasteiger charge is -2.17. The molecular formula is C12H21N3O4S. The van der Waals surface area contributed by atoms with Crippen molar-refractivity contribution in [2.75, 3.05) is 20.1 Å². The summed E-state index contributed by atoms with van der Waals surface area (Å²) in [6, 6.07) is 0. The molecular weight excluding hydrogens is 282 g/mol. The van der Waals surface area contributed by atoms with Crippen LogP contribution in [0.3, 0.4) is 0 Å². The Hall–Kier alpha value is -1.41. The Morgan fingerprint density at radius 3 is 2.45 bits per heavy atom. The van der Waals surface area contributed by atoms with E-state index in [1.807, 2.05) is 13.8 Å². The lowest BCUT2D eigenvalue weighted by Crippen LogP contribution is -2.39. The summed E-state index contributed by atoms with van der Waals surface area (Å²) in [5.74, 6) is 0.192. The molecule has 0 aliphatic heterocycles. The second-order valence-electron chi connectivity index (χ2n) is 5.11. The number of nitrogens with zero attached hydrogens (tertiary/aromatic N) is 2. The third kappa shape index (κ3) is 3.80. The molecule has 0 spiro atoms. The molecule has 7 nitrogen and oxygen atoms in total. The van der Waals surface area contributed by atoms with Crippen LogP contribution in [0.4, 0.5) is 0 Å². The summed E-state index contributed by atoms with van der Waals surface area (Å²) in [6.45, 7) is 7.28. The number of rotatable bonds is 6. The number of aryl methyl sites for hydroxylation is 2. The first-order chi connectivity index (χ1) is 9.16. The van der Waals surface area contributed by atoms with Crippen LogP contribution in [0, 0.1) is 19.8 Å². The molecule has 0 fully saturated rings. The van der Waals surface area contributed by atoms with Gasteiger partial charge in [-0.2, -0.15) is 4.31 Å². The first-order valence-electron chi connectivity index (χ1n) is 6.32. The van der Waals surface area contributed by atoms with Crippen molar-refractivity contribution >= 4 is 15.9 Å². The number of likely N-dealkylation sites (N-methyl/N-ethyl adjacent to an activating group) is 1. The average Bonchev–Trinajstić information content (AvgIpc) is 2.66. The molecule has 0 radical (unpaired) electrons. The van der Waals surface area contributed by atoms with Gasteiger partial charge in [0.15, 0.2) is 5.76 Å². The van der Waals surface area contributed by atoms with Crippen LogP contribution >= 0.6 is 0 Å². The van der Waals surface area contributed by atoms with Crippen LogP contribution in [0.5, 0.6) is 0 Å². The quantitative estimate of drug-likeness (QED) is 0.834. The SMILES string of the molecule is Cc1noc(C)c1S(=O)(=O)N(C)CC(=O)NCC(C)C. The van der Waals surface area contributed by atoms with Gasteiger partial charge < -0.3 is 9.84 Å². The van der Waals surface area contributed by atoms with Crippen molar-refractivity contribution in [2.24, 2.45) is 5.92 Å². The van der Waals surface area contributed by atoms with Gasteiger partial charge in [0, 0.05) is 13.6 Å². The zero-order chi connectivity index (χ0) is 15.5. The minimum absolute atomic E-state index is 0.0247. The molecule has 1 aromatic heterocycles. The van der Waals surface area contributed by atoms with Crippen molar-refractivity contribution in [3.63, 3.8) is 0 Å². The zero-order valence-corrected chi connectivity index (χ0v) is 13.2. The van der Waals surface area contributed by atoms with Gasteiger partial charge in [0.25, 0.3) is 0 Å². The molecule has 1 aromatic rings. The van der Waals surface area contributed by atoms with E-state index in [0.29, 0.717) is 12.5 Å². The predicted molar refractivity (Wildman–Crippen MR) is 73.6 cm³/mol. The van der Waals surface area contributed by atoms with Crippen molar-refractivity contribution in [3.8, 4) is 0 Å². The summed E-state index contributed by atoms with van der Waals surface area (Å²) in [6.07, 6.45) is 0. The Morgan fingerprint density at radius 2 is 2.00 bits per heavy atom. The van der Waals surface area contributed by atoms with E-state index < -0.39 is 10.0 Å². The number of carbonyl (C=O) groups is 1. The van der Waals surface area contributed by atoms with Crippen LogP contribution in [0.2, 0.25) is 0 Å². The fourth-order valence-corrected chi connectivity index (χ4v) is 3.07. The highest BCUT2D eigenvalue weighted by Crippen LogP contribution is 2.21. The summed E-state index contributed by atoms with van der Waals surface area (Å²) in [7, 11) is -2.42. The number of nitrogens with one attached hydrogen (secondary N) is 1. The zero-order valence-electron chi connectivity index (χ0n) is 12.4. The van der Waals surface area contributed by atoms with E-state index in [1.165, 1.54) is 14.0 Å². The number of hydrogen-bond acceptors (Lipinski definition) is 5. The molecule has 0 bridgehead atoms.